The van der Waals surface area contributed by atoms with Crippen molar-refractivity contribution in [3.05, 3.63) is 12.2 Å². The topological polar surface area (TPSA) is 26.3 Å². The molecular formula is C16H7F23O2. The Morgan fingerprint density at radius 2 is 0.829 bits per heavy atom. The van der Waals surface area contributed by atoms with E-state index in [-0.39, 0.29) is 0 Å². The van der Waals surface area contributed by atoms with Crippen LogP contribution in [-0.2, 0) is 9.53 Å². The zero-order valence-corrected chi connectivity index (χ0v) is 18.2. The van der Waals surface area contributed by atoms with Crippen LogP contribution in [0.1, 0.15) is 6.42 Å². The van der Waals surface area contributed by atoms with Gasteiger partial charge in [-0.1, -0.05) is 6.58 Å². The maximum Gasteiger partial charge on any atom is 0.422 e. The molecular weight excluding hydrogens is 661 g/mol. The third-order valence-electron chi connectivity index (χ3n) is 4.76. The van der Waals surface area contributed by atoms with Gasteiger partial charge in [0.05, 0.1) is 13.0 Å². The Morgan fingerprint density at radius 3 is 1.12 bits per heavy atom. The van der Waals surface area contributed by atoms with Crippen molar-refractivity contribution in [1.29, 1.82) is 0 Å². The Hall–Kier alpha value is -2.40. The van der Waals surface area contributed by atoms with Gasteiger partial charge in [-0.25, -0.2) is 13.6 Å². The van der Waals surface area contributed by atoms with Crippen molar-refractivity contribution in [1.82, 2.24) is 0 Å². The summed E-state index contributed by atoms with van der Waals surface area (Å²) >= 11 is 0. The number of carbonyl (C=O) groups is 1. The van der Waals surface area contributed by atoms with Crippen LogP contribution in [0.3, 0.4) is 0 Å². The van der Waals surface area contributed by atoms with E-state index in [4.69, 9.17) is 0 Å². The van der Waals surface area contributed by atoms with E-state index in [0.717, 1.165) is 0 Å². The molecule has 0 heterocycles. The summed E-state index contributed by atoms with van der Waals surface area (Å²) in [4.78, 5) is 10.9. The molecule has 0 aliphatic carbocycles. The Balaban J connectivity index is 6.59. The molecule has 2 nitrogen and oxygen atoms in total. The first-order chi connectivity index (χ1) is 17.5. The van der Waals surface area contributed by atoms with Gasteiger partial charge >= 0.3 is 71.9 Å². The molecule has 0 bridgehead atoms. The highest BCUT2D eigenvalue weighted by Crippen LogP contribution is 2.65. The van der Waals surface area contributed by atoms with Gasteiger partial charge in [0.25, 0.3) is 0 Å². The van der Waals surface area contributed by atoms with Crippen LogP contribution in [0.4, 0.5) is 101 Å². The third-order valence-corrected chi connectivity index (χ3v) is 4.76. The molecule has 0 spiro atoms. The van der Waals surface area contributed by atoms with Gasteiger partial charge in [0, 0.05) is 0 Å². The predicted molar refractivity (Wildman–Crippen MR) is 81.3 cm³/mol. The van der Waals surface area contributed by atoms with Crippen LogP contribution in [0.25, 0.3) is 0 Å². The fourth-order valence-electron chi connectivity index (χ4n) is 2.19. The van der Waals surface area contributed by atoms with Gasteiger partial charge in [0.2, 0.25) is 0 Å². The average molecular weight is 668 g/mol. The Bertz CT molecular complexity index is 975. The van der Waals surface area contributed by atoms with Crippen LogP contribution in [0.5, 0.6) is 0 Å². The number of hydrogen-bond acceptors (Lipinski definition) is 2. The summed E-state index contributed by atoms with van der Waals surface area (Å²) in [6.07, 6.45) is -15.2. The number of halogens is 23. The number of ether oxygens (including phenoxy) is 1. The highest BCUT2D eigenvalue weighted by atomic mass is 19.4. The molecule has 25 heteroatoms. The normalized spacial score (nSPS) is 15.8. The summed E-state index contributed by atoms with van der Waals surface area (Å²) in [5.74, 6) is -79.6. The standard InChI is InChI=1S/C16H7F23O2/c1-4(9(23,24)25)5(40)41-3-2-7(19,20)10(26,27)12(30,31)14(34,35)16(38,39)15(36,37)13(32,33)11(28,29)8(21,22)6(17)18/h6H,1-3H2. The molecule has 0 aliphatic heterocycles. The van der Waals surface area contributed by atoms with Crippen molar-refractivity contribution in [3.63, 3.8) is 0 Å². The number of hydrogen-bond donors (Lipinski definition) is 0. The summed E-state index contributed by atoms with van der Waals surface area (Å²) < 4.78 is 305. The lowest BCUT2D eigenvalue weighted by molar-refractivity contribution is -0.465. The molecule has 41 heavy (non-hydrogen) atoms. The van der Waals surface area contributed by atoms with Crippen LogP contribution in [0.15, 0.2) is 12.2 Å². The lowest BCUT2D eigenvalue weighted by Crippen LogP contribution is -2.76. The molecule has 0 saturated carbocycles. The van der Waals surface area contributed by atoms with Gasteiger partial charge in [-0.3, -0.25) is 0 Å². The quantitative estimate of drug-likeness (QED) is 0.113. The maximum atomic E-state index is 13.7. The fourth-order valence-corrected chi connectivity index (χ4v) is 2.19. The fraction of sp³-hybridized carbons (Fsp3) is 0.812. The summed E-state index contributed by atoms with van der Waals surface area (Å²) in [7, 11) is 0. The molecule has 0 atom stereocenters. The second kappa shape index (κ2) is 10.4. The Kier molecular flexibility index (Phi) is 9.79. The molecule has 0 aromatic rings. The highest BCUT2D eigenvalue weighted by Gasteiger charge is 2.96. The summed E-state index contributed by atoms with van der Waals surface area (Å²) in [6.45, 7) is -0.652. The third kappa shape index (κ3) is 5.56. The first-order valence-corrected chi connectivity index (χ1v) is 9.10. The van der Waals surface area contributed by atoms with Gasteiger partial charge in [-0.2, -0.15) is 92.2 Å². The monoisotopic (exact) mass is 668 g/mol. The van der Waals surface area contributed by atoms with E-state index in [1.807, 2.05) is 6.58 Å². The summed E-state index contributed by atoms with van der Waals surface area (Å²) in [5, 5.41) is 0. The number of carbonyl (C=O) groups excluding carboxylic acids is 1. The van der Waals surface area contributed by atoms with Crippen molar-refractivity contribution < 1.29 is 111 Å². The molecule has 0 radical (unpaired) electrons. The van der Waals surface area contributed by atoms with Crippen molar-refractivity contribution in [2.24, 2.45) is 0 Å². The minimum atomic E-state index is -9.19. The van der Waals surface area contributed by atoms with Crippen LogP contribution < -0.4 is 0 Å². The van der Waals surface area contributed by atoms with E-state index in [1.54, 1.807) is 0 Å². The van der Waals surface area contributed by atoms with Gasteiger partial charge in [-0.05, 0) is 0 Å². The summed E-state index contributed by atoms with van der Waals surface area (Å²) in [6, 6.07) is 0. The predicted octanol–water partition coefficient (Wildman–Crippen LogP) is 8.02. The lowest BCUT2D eigenvalue weighted by Gasteiger charge is -2.44. The highest BCUT2D eigenvalue weighted by molar-refractivity contribution is 5.89. The number of rotatable bonds is 13. The molecule has 0 amide bonds. The number of alkyl halides is 23. The van der Waals surface area contributed by atoms with Gasteiger partial charge < -0.3 is 4.74 Å². The molecule has 0 aromatic carbocycles. The molecule has 0 aromatic heterocycles. The Labute approximate surface area is 209 Å². The van der Waals surface area contributed by atoms with Gasteiger partial charge in [-0.15, -0.1) is 0 Å². The van der Waals surface area contributed by atoms with Crippen LogP contribution in [0, 0.1) is 0 Å². The largest absolute Gasteiger partial charge is 0.462 e. The van der Waals surface area contributed by atoms with Crippen molar-refractivity contribution in [2.45, 2.75) is 72.3 Å². The summed E-state index contributed by atoms with van der Waals surface area (Å²) in [5.41, 5.74) is -2.58. The van der Waals surface area contributed by atoms with Crippen molar-refractivity contribution >= 4 is 5.97 Å². The van der Waals surface area contributed by atoms with E-state index in [9.17, 15) is 106 Å². The number of esters is 1. The first kappa shape index (κ1) is 38.6. The van der Waals surface area contributed by atoms with Crippen molar-refractivity contribution in [2.75, 3.05) is 6.61 Å². The van der Waals surface area contributed by atoms with Crippen LogP contribution >= 0.6 is 0 Å². The van der Waals surface area contributed by atoms with E-state index in [1.165, 1.54) is 0 Å². The zero-order chi connectivity index (χ0) is 33.9. The molecule has 244 valence electrons. The average Bonchev–Trinajstić information content (AvgIpc) is 2.76. The lowest BCUT2D eigenvalue weighted by atomic mass is 9.86. The first-order valence-electron chi connectivity index (χ1n) is 9.10. The smallest absolute Gasteiger partial charge is 0.422 e. The second-order valence-electron chi connectivity index (χ2n) is 7.51. The molecule has 0 aliphatic rings. The molecule has 0 unspecified atom stereocenters. The van der Waals surface area contributed by atoms with Crippen LogP contribution in [0.2, 0.25) is 0 Å². The van der Waals surface area contributed by atoms with E-state index in [0.29, 0.717) is 0 Å². The van der Waals surface area contributed by atoms with Crippen LogP contribution in [-0.4, -0.2) is 78.5 Å². The van der Waals surface area contributed by atoms with E-state index >= 15 is 0 Å². The molecule has 0 fully saturated rings. The van der Waals surface area contributed by atoms with Gasteiger partial charge in [0.1, 0.15) is 5.57 Å². The molecule has 0 N–H and O–H groups in total. The van der Waals surface area contributed by atoms with Crippen molar-refractivity contribution in [3.8, 4) is 0 Å². The minimum absolute atomic E-state index is 1.96. The van der Waals surface area contributed by atoms with E-state index < -0.39 is 90.5 Å². The molecule has 0 rings (SSSR count). The zero-order valence-electron chi connectivity index (χ0n) is 18.2. The SMILES string of the molecule is C=C(C(=O)OCCC(F)(F)C(F)(F)C(F)(F)C(F)(F)C(F)(F)C(F)(F)C(F)(F)C(F)(F)C(F)(F)C(F)F)C(F)(F)F. The Morgan fingerprint density at radius 1 is 0.537 bits per heavy atom. The van der Waals surface area contributed by atoms with E-state index in [2.05, 4.69) is 4.74 Å². The second-order valence-corrected chi connectivity index (χ2v) is 7.51. The minimum Gasteiger partial charge on any atom is -0.462 e. The maximum absolute atomic E-state index is 13.7. The molecule has 0 saturated heterocycles. The van der Waals surface area contributed by atoms with Gasteiger partial charge in [0.15, 0.2) is 0 Å².